The van der Waals surface area contributed by atoms with Gasteiger partial charge in [-0.3, -0.25) is 0 Å². The second kappa shape index (κ2) is 4.90. The highest BCUT2D eigenvalue weighted by Crippen LogP contribution is 2.37. The Kier molecular flexibility index (Phi) is 4.05. The first-order valence-corrected chi connectivity index (χ1v) is 6.05. The van der Waals surface area contributed by atoms with Crippen LogP contribution in [0.4, 0.5) is 0 Å². The summed E-state index contributed by atoms with van der Waals surface area (Å²) >= 11 is 1.72. The van der Waals surface area contributed by atoms with Crippen LogP contribution >= 0.6 is 11.8 Å². The standard InChI is InChI=1S/C12H19NOS/c1-12(2,3)11-9(14)6-5-7-10(11)15-8-13-4/h5-7,13-14H,8H2,1-4H3. The van der Waals surface area contributed by atoms with Gasteiger partial charge in [-0.15, -0.1) is 11.8 Å². The molecule has 0 aliphatic carbocycles. The van der Waals surface area contributed by atoms with E-state index in [9.17, 15) is 5.11 Å². The number of phenols is 1. The molecule has 0 saturated carbocycles. The molecule has 0 bridgehead atoms. The highest BCUT2D eigenvalue weighted by atomic mass is 32.2. The zero-order valence-corrected chi connectivity index (χ0v) is 10.6. The molecule has 1 aromatic carbocycles. The molecule has 0 radical (unpaired) electrons. The summed E-state index contributed by atoms with van der Waals surface area (Å²) in [4.78, 5) is 1.15. The van der Waals surface area contributed by atoms with E-state index in [1.807, 2.05) is 13.1 Å². The maximum Gasteiger partial charge on any atom is 0.120 e. The van der Waals surface area contributed by atoms with E-state index < -0.39 is 0 Å². The van der Waals surface area contributed by atoms with Crippen LogP contribution in [0.1, 0.15) is 26.3 Å². The second-order valence-electron chi connectivity index (χ2n) is 4.54. The van der Waals surface area contributed by atoms with Crippen molar-refractivity contribution in [3.05, 3.63) is 23.8 Å². The minimum atomic E-state index is -0.0264. The van der Waals surface area contributed by atoms with Gasteiger partial charge in [0.2, 0.25) is 0 Å². The molecule has 0 aliphatic heterocycles. The van der Waals surface area contributed by atoms with Gasteiger partial charge in [-0.05, 0) is 24.6 Å². The Bertz CT molecular complexity index is 331. The van der Waals surface area contributed by atoms with Crippen LogP contribution < -0.4 is 5.32 Å². The average molecular weight is 225 g/mol. The van der Waals surface area contributed by atoms with Gasteiger partial charge in [0.1, 0.15) is 5.75 Å². The summed E-state index contributed by atoms with van der Waals surface area (Å²) in [5.41, 5.74) is 1.01. The van der Waals surface area contributed by atoms with Gasteiger partial charge in [0.25, 0.3) is 0 Å². The Morgan fingerprint density at radius 1 is 1.33 bits per heavy atom. The van der Waals surface area contributed by atoms with Gasteiger partial charge >= 0.3 is 0 Å². The molecule has 0 saturated heterocycles. The molecule has 84 valence electrons. The zero-order chi connectivity index (χ0) is 11.5. The minimum Gasteiger partial charge on any atom is -0.508 e. The van der Waals surface area contributed by atoms with Crippen molar-refractivity contribution in [2.24, 2.45) is 0 Å². The van der Waals surface area contributed by atoms with Crippen LogP contribution in [0.25, 0.3) is 0 Å². The van der Waals surface area contributed by atoms with Crippen molar-refractivity contribution in [1.29, 1.82) is 0 Å². The highest BCUT2D eigenvalue weighted by Gasteiger charge is 2.21. The molecule has 0 fully saturated rings. The lowest BCUT2D eigenvalue weighted by Gasteiger charge is -2.23. The van der Waals surface area contributed by atoms with Crippen molar-refractivity contribution >= 4 is 11.8 Å². The summed E-state index contributed by atoms with van der Waals surface area (Å²) in [6.45, 7) is 6.35. The normalized spacial score (nSPS) is 11.7. The molecule has 0 amide bonds. The van der Waals surface area contributed by atoms with Gasteiger partial charge in [0, 0.05) is 16.3 Å². The number of phenolic OH excluding ortho intramolecular Hbond substituents is 1. The molecule has 1 rings (SSSR count). The van der Waals surface area contributed by atoms with Gasteiger partial charge in [0.15, 0.2) is 0 Å². The fourth-order valence-electron chi connectivity index (χ4n) is 1.54. The molecule has 0 spiro atoms. The van der Waals surface area contributed by atoms with Crippen LogP contribution in [0.15, 0.2) is 23.1 Å². The maximum absolute atomic E-state index is 9.89. The lowest BCUT2D eigenvalue weighted by Crippen LogP contribution is -2.13. The number of aromatic hydroxyl groups is 1. The molecule has 0 unspecified atom stereocenters. The fourth-order valence-corrected chi connectivity index (χ4v) is 2.57. The van der Waals surface area contributed by atoms with Gasteiger partial charge < -0.3 is 10.4 Å². The zero-order valence-electron chi connectivity index (χ0n) is 9.79. The molecular formula is C12H19NOS. The third-order valence-corrected chi connectivity index (χ3v) is 3.21. The van der Waals surface area contributed by atoms with Crippen LogP contribution in [0.5, 0.6) is 5.75 Å². The Balaban J connectivity index is 3.09. The Hall–Kier alpha value is -0.670. The SMILES string of the molecule is CNCSc1cccc(O)c1C(C)(C)C. The maximum atomic E-state index is 9.89. The molecule has 15 heavy (non-hydrogen) atoms. The number of benzene rings is 1. The third kappa shape index (κ3) is 3.14. The molecule has 2 nitrogen and oxygen atoms in total. The van der Waals surface area contributed by atoms with Crippen LogP contribution in [0.2, 0.25) is 0 Å². The molecule has 0 atom stereocenters. The van der Waals surface area contributed by atoms with Crippen molar-refractivity contribution in [1.82, 2.24) is 5.32 Å². The highest BCUT2D eigenvalue weighted by molar-refractivity contribution is 7.99. The lowest BCUT2D eigenvalue weighted by molar-refractivity contribution is 0.441. The summed E-state index contributed by atoms with van der Waals surface area (Å²) in [6.07, 6.45) is 0. The third-order valence-electron chi connectivity index (χ3n) is 2.13. The molecule has 0 aliphatic rings. The topological polar surface area (TPSA) is 32.3 Å². The first-order valence-electron chi connectivity index (χ1n) is 5.06. The average Bonchev–Trinajstić information content (AvgIpc) is 2.12. The van der Waals surface area contributed by atoms with Gasteiger partial charge in [0.05, 0.1) is 0 Å². The summed E-state index contributed by atoms with van der Waals surface area (Å²) in [6, 6.07) is 5.70. The smallest absolute Gasteiger partial charge is 0.120 e. The summed E-state index contributed by atoms with van der Waals surface area (Å²) in [7, 11) is 1.92. The van der Waals surface area contributed by atoms with Crippen LogP contribution in [-0.2, 0) is 5.41 Å². The largest absolute Gasteiger partial charge is 0.508 e. The predicted octanol–water partition coefficient (Wildman–Crippen LogP) is 2.96. The number of hydrogen-bond acceptors (Lipinski definition) is 3. The van der Waals surface area contributed by atoms with Crippen molar-refractivity contribution in [3.63, 3.8) is 0 Å². The number of rotatable bonds is 3. The van der Waals surface area contributed by atoms with E-state index in [4.69, 9.17) is 0 Å². The molecule has 0 heterocycles. The number of hydrogen-bond donors (Lipinski definition) is 2. The van der Waals surface area contributed by atoms with Crippen molar-refractivity contribution < 1.29 is 5.11 Å². The van der Waals surface area contributed by atoms with Crippen molar-refractivity contribution in [2.45, 2.75) is 31.1 Å². The first kappa shape index (κ1) is 12.4. The monoisotopic (exact) mass is 225 g/mol. The molecular weight excluding hydrogens is 206 g/mol. The number of nitrogens with one attached hydrogen (secondary N) is 1. The van der Waals surface area contributed by atoms with Crippen LogP contribution in [0, 0.1) is 0 Å². The number of thioether (sulfide) groups is 1. The molecule has 3 heteroatoms. The van der Waals surface area contributed by atoms with Gasteiger partial charge in [-0.2, -0.15) is 0 Å². The predicted molar refractivity (Wildman–Crippen MR) is 66.6 cm³/mol. The van der Waals surface area contributed by atoms with E-state index in [2.05, 4.69) is 32.2 Å². The fraction of sp³-hybridized carbons (Fsp3) is 0.500. The van der Waals surface area contributed by atoms with Gasteiger partial charge in [-0.25, -0.2) is 0 Å². The Morgan fingerprint density at radius 2 is 2.00 bits per heavy atom. The first-order chi connectivity index (χ1) is 6.96. The van der Waals surface area contributed by atoms with E-state index >= 15 is 0 Å². The van der Waals surface area contributed by atoms with Crippen molar-refractivity contribution in [3.8, 4) is 5.75 Å². The van der Waals surface area contributed by atoms with Crippen LogP contribution in [-0.4, -0.2) is 18.0 Å². The summed E-state index contributed by atoms with van der Waals surface area (Å²) < 4.78 is 0. The van der Waals surface area contributed by atoms with E-state index in [1.54, 1.807) is 17.8 Å². The van der Waals surface area contributed by atoms with Gasteiger partial charge in [-0.1, -0.05) is 26.8 Å². The second-order valence-corrected chi connectivity index (χ2v) is 5.56. The van der Waals surface area contributed by atoms with E-state index in [1.165, 1.54) is 0 Å². The van der Waals surface area contributed by atoms with Crippen LogP contribution in [0.3, 0.4) is 0 Å². The Morgan fingerprint density at radius 3 is 2.53 bits per heavy atom. The van der Waals surface area contributed by atoms with E-state index in [0.717, 1.165) is 16.3 Å². The lowest BCUT2D eigenvalue weighted by atomic mass is 9.86. The quantitative estimate of drug-likeness (QED) is 0.613. The summed E-state index contributed by atoms with van der Waals surface area (Å²) in [5, 5.41) is 13.0. The molecule has 2 N–H and O–H groups in total. The van der Waals surface area contributed by atoms with Crippen molar-refractivity contribution in [2.75, 3.05) is 12.9 Å². The van der Waals surface area contributed by atoms with E-state index in [-0.39, 0.29) is 5.41 Å². The summed E-state index contributed by atoms with van der Waals surface area (Å²) in [5.74, 6) is 1.25. The molecule has 0 aromatic heterocycles. The Labute approximate surface area is 96.1 Å². The van der Waals surface area contributed by atoms with E-state index in [0.29, 0.717) is 5.75 Å². The molecule has 1 aromatic rings. The minimum absolute atomic E-state index is 0.0264.